The minimum absolute atomic E-state index is 0.303. The van der Waals surface area contributed by atoms with E-state index in [2.05, 4.69) is 10.4 Å². The molecule has 0 atom stereocenters. The van der Waals surface area contributed by atoms with E-state index in [1.165, 1.54) is 16.8 Å². The number of rotatable bonds is 6. The second kappa shape index (κ2) is 10.7. The lowest BCUT2D eigenvalue weighted by Crippen LogP contribution is -2.19. The van der Waals surface area contributed by atoms with Crippen LogP contribution in [0.3, 0.4) is 0 Å². The van der Waals surface area contributed by atoms with Crippen molar-refractivity contribution in [2.75, 3.05) is 5.32 Å². The van der Waals surface area contributed by atoms with Crippen molar-refractivity contribution in [3.8, 4) is 22.8 Å². The van der Waals surface area contributed by atoms with Crippen LogP contribution in [0.1, 0.15) is 16.7 Å². The predicted octanol–water partition coefficient (Wildman–Crippen LogP) is 8.11. The highest BCUT2D eigenvalue weighted by Gasteiger charge is 2.16. The molecule has 0 bridgehead atoms. The van der Waals surface area contributed by atoms with Gasteiger partial charge in [0.15, 0.2) is 0 Å². The second-order valence-corrected chi connectivity index (χ2v) is 9.07. The number of aromatic nitrogens is 2. The number of carbonyl (C=O) groups excluding carboxylic acids is 1. The van der Waals surface area contributed by atoms with Crippen LogP contribution in [0.5, 0.6) is 11.5 Å². The number of anilines is 1. The molecule has 0 radical (unpaired) electrons. The fraction of sp³-hybridized carbons (Fsp3) is 0.0667. The van der Waals surface area contributed by atoms with Crippen LogP contribution in [0.4, 0.5) is 14.9 Å². The number of nitrogens with one attached hydrogen (secondary N) is 1. The highest BCUT2D eigenvalue weighted by Crippen LogP contribution is 2.27. The molecule has 5 rings (SSSR count). The lowest BCUT2D eigenvalue weighted by atomic mass is 10.0. The summed E-state index contributed by atoms with van der Waals surface area (Å²) in [7, 11) is 0. The summed E-state index contributed by atoms with van der Waals surface area (Å²) in [5.41, 5.74) is 4.88. The van der Waals surface area contributed by atoms with Crippen LogP contribution in [0.15, 0.2) is 103 Å². The third-order valence-electron chi connectivity index (χ3n) is 5.76. The zero-order valence-corrected chi connectivity index (χ0v) is 20.7. The van der Waals surface area contributed by atoms with Crippen LogP contribution in [0.25, 0.3) is 11.3 Å². The van der Waals surface area contributed by atoms with Crippen LogP contribution in [-0.4, -0.2) is 15.8 Å². The molecule has 0 saturated carbocycles. The van der Waals surface area contributed by atoms with Gasteiger partial charge in [-0.05, 0) is 73.2 Å². The van der Waals surface area contributed by atoms with E-state index in [0.29, 0.717) is 34.3 Å². The topological polar surface area (TPSA) is 56.2 Å². The maximum atomic E-state index is 13.8. The van der Waals surface area contributed by atoms with Crippen molar-refractivity contribution >= 4 is 23.3 Å². The van der Waals surface area contributed by atoms with E-state index in [1.807, 2.05) is 37.3 Å². The number of amides is 1. The molecule has 0 saturated heterocycles. The van der Waals surface area contributed by atoms with Gasteiger partial charge in [0.2, 0.25) is 0 Å². The van der Waals surface area contributed by atoms with E-state index in [4.69, 9.17) is 16.3 Å². The maximum absolute atomic E-state index is 13.8. The molecule has 1 aromatic heterocycles. The Labute approximate surface area is 219 Å². The number of carbonyl (C=O) groups is 1. The van der Waals surface area contributed by atoms with Crippen LogP contribution in [0, 0.1) is 12.7 Å². The smallest absolute Gasteiger partial charge is 0.346 e. The Hall–Kier alpha value is -4.42. The van der Waals surface area contributed by atoms with Gasteiger partial charge in [0.25, 0.3) is 0 Å². The van der Waals surface area contributed by atoms with E-state index in [9.17, 15) is 9.18 Å². The zero-order valence-electron chi connectivity index (χ0n) is 20.0. The number of halogens is 2. The molecule has 7 heteroatoms. The number of hydrogen-bond acceptors (Lipinski definition) is 3. The fourth-order valence-electron chi connectivity index (χ4n) is 3.89. The molecule has 1 heterocycles. The average molecular weight is 512 g/mol. The van der Waals surface area contributed by atoms with Crippen LogP contribution in [0.2, 0.25) is 5.02 Å². The Morgan fingerprint density at radius 3 is 2.30 bits per heavy atom. The fourth-order valence-corrected chi connectivity index (χ4v) is 4.02. The van der Waals surface area contributed by atoms with E-state index in [0.717, 1.165) is 22.3 Å². The van der Waals surface area contributed by atoms with Crippen molar-refractivity contribution in [2.24, 2.45) is 0 Å². The summed E-state index contributed by atoms with van der Waals surface area (Å²) in [5.74, 6) is 0.980. The molecule has 0 aliphatic carbocycles. The highest BCUT2D eigenvalue weighted by molar-refractivity contribution is 6.30. The molecule has 0 fully saturated rings. The summed E-state index contributed by atoms with van der Waals surface area (Å²) >= 11 is 5.92. The number of hydrogen-bond donors (Lipinski definition) is 1. The third kappa shape index (κ3) is 6.05. The summed E-state index contributed by atoms with van der Waals surface area (Å²) in [6, 6.07) is 28.0. The number of ether oxygens (including phenoxy) is 1. The summed E-state index contributed by atoms with van der Waals surface area (Å²) in [6.07, 6.45) is 2.12. The molecule has 0 aliphatic rings. The first-order chi connectivity index (χ1) is 17.9. The Kier molecular flexibility index (Phi) is 7.01. The van der Waals surface area contributed by atoms with Gasteiger partial charge in [0.05, 0.1) is 5.69 Å². The summed E-state index contributed by atoms with van der Waals surface area (Å²) in [5, 5.41) is 8.07. The number of aryl methyl sites for hydroxylation is 1. The first-order valence-electron chi connectivity index (χ1n) is 11.7. The molecule has 0 aliphatic heterocycles. The van der Waals surface area contributed by atoms with Gasteiger partial charge in [-0.15, -0.1) is 0 Å². The molecule has 5 aromatic rings. The van der Waals surface area contributed by atoms with E-state index < -0.39 is 6.03 Å². The van der Waals surface area contributed by atoms with Crippen molar-refractivity contribution in [1.82, 2.24) is 9.78 Å². The molecule has 1 N–H and O–H groups in total. The average Bonchev–Trinajstić information content (AvgIpc) is 3.31. The SMILES string of the molecule is Cc1ccc(-c2nn(C(=O)Nc3ccc(Oc4ccc(Cl)cc4)cc3)cc2Cc2cccc(F)c2)cc1. The van der Waals surface area contributed by atoms with Gasteiger partial charge in [-0.2, -0.15) is 9.78 Å². The van der Waals surface area contributed by atoms with Gasteiger partial charge in [-0.1, -0.05) is 53.6 Å². The van der Waals surface area contributed by atoms with Crippen molar-refractivity contribution < 1.29 is 13.9 Å². The molecule has 37 heavy (non-hydrogen) atoms. The van der Waals surface area contributed by atoms with Gasteiger partial charge in [0, 0.05) is 34.5 Å². The molecule has 5 nitrogen and oxygen atoms in total. The standard InChI is InChI=1S/C30H23ClFN3O2/c1-20-5-7-22(8-6-20)29-23(17-21-3-2-4-25(32)18-21)19-35(34-29)30(36)33-26-11-15-28(16-12-26)37-27-13-9-24(31)10-14-27/h2-16,18-19H,17H2,1H3,(H,33,36). The monoisotopic (exact) mass is 511 g/mol. The highest BCUT2D eigenvalue weighted by atomic mass is 35.5. The first-order valence-corrected chi connectivity index (χ1v) is 12.1. The van der Waals surface area contributed by atoms with Gasteiger partial charge in [-0.25, -0.2) is 9.18 Å². The normalized spacial score (nSPS) is 10.8. The van der Waals surface area contributed by atoms with Crippen LogP contribution in [-0.2, 0) is 6.42 Å². The minimum Gasteiger partial charge on any atom is -0.457 e. The molecule has 4 aromatic carbocycles. The van der Waals surface area contributed by atoms with Gasteiger partial charge in [-0.3, -0.25) is 0 Å². The Balaban J connectivity index is 1.36. The third-order valence-corrected chi connectivity index (χ3v) is 6.01. The Bertz CT molecular complexity index is 1530. The van der Waals surface area contributed by atoms with Crippen LogP contribution >= 0.6 is 11.6 Å². The second-order valence-electron chi connectivity index (χ2n) is 8.63. The lowest BCUT2D eigenvalue weighted by molar-refractivity contribution is 0.251. The largest absolute Gasteiger partial charge is 0.457 e. The first kappa shape index (κ1) is 24.3. The van der Waals surface area contributed by atoms with Crippen molar-refractivity contribution in [1.29, 1.82) is 0 Å². The number of benzene rings is 4. The number of nitrogens with zero attached hydrogens (tertiary/aromatic N) is 2. The van der Waals surface area contributed by atoms with E-state index in [-0.39, 0.29) is 5.82 Å². The molecule has 0 unspecified atom stereocenters. The van der Waals surface area contributed by atoms with Crippen molar-refractivity contribution in [3.63, 3.8) is 0 Å². The van der Waals surface area contributed by atoms with E-state index >= 15 is 0 Å². The summed E-state index contributed by atoms with van der Waals surface area (Å²) < 4.78 is 20.9. The van der Waals surface area contributed by atoms with Gasteiger partial charge in [0.1, 0.15) is 17.3 Å². The molecule has 1 amide bonds. The van der Waals surface area contributed by atoms with Gasteiger partial charge >= 0.3 is 6.03 Å². The minimum atomic E-state index is -0.412. The maximum Gasteiger partial charge on any atom is 0.346 e. The Morgan fingerprint density at radius 2 is 1.62 bits per heavy atom. The molecular formula is C30H23ClFN3O2. The molecular weight excluding hydrogens is 489 g/mol. The lowest BCUT2D eigenvalue weighted by Gasteiger charge is -2.08. The van der Waals surface area contributed by atoms with Gasteiger partial charge < -0.3 is 10.1 Å². The predicted molar refractivity (Wildman–Crippen MR) is 144 cm³/mol. The molecule has 0 spiro atoms. The van der Waals surface area contributed by atoms with Crippen molar-refractivity contribution in [3.05, 3.63) is 131 Å². The summed E-state index contributed by atoms with van der Waals surface area (Å²) in [4.78, 5) is 13.1. The quantitative estimate of drug-likeness (QED) is 0.250. The van der Waals surface area contributed by atoms with Crippen LogP contribution < -0.4 is 10.1 Å². The summed E-state index contributed by atoms with van der Waals surface area (Å²) in [6.45, 7) is 2.01. The zero-order chi connectivity index (χ0) is 25.8. The molecule has 184 valence electrons. The van der Waals surface area contributed by atoms with E-state index in [1.54, 1.807) is 60.8 Å². The van der Waals surface area contributed by atoms with Crippen molar-refractivity contribution in [2.45, 2.75) is 13.3 Å². The Morgan fingerprint density at radius 1 is 0.946 bits per heavy atom.